The van der Waals surface area contributed by atoms with Crippen LogP contribution in [0.1, 0.15) is 33.1 Å². The van der Waals surface area contributed by atoms with Crippen LogP contribution < -0.4 is 5.32 Å². The summed E-state index contributed by atoms with van der Waals surface area (Å²) in [6.07, 6.45) is 3.62. The second-order valence-electron chi connectivity index (χ2n) is 4.57. The van der Waals surface area contributed by atoms with Crippen molar-refractivity contribution in [1.82, 2.24) is 15.1 Å². The zero-order chi connectivity index (χ0) is 12.0. The van der Waals surface area contributed by atoms with Crippen molar-refractivity contribution < 1.29 is 0 Å². The lowest BCUT2D eigenvalue weighted by Crippen LogP contribution is -2.55. The summed E-state index contributed by atoms with van der Waals surface area (Å²) >= 11 is 5.42. The summed E-state index contributed by atoms with van der Waals surface area (Å²) < 4.78 is 0. The minimum atomic E-state index is 0.652. The van der Waals surface area contributed by atoms with Gasteiger partial charge in [0.15, 0.2) is 5.11 Å². The Balaban J connectivity index is 2.33. The number of likely N-dealkylation sites (N-methyl/N-ethyl adjacent to an activating group) is 1. The molecule has 1 N–H and O–H groups in total. The van der Waals surface area contributed by atoms with Crippen molar-refractivity contribution in [3.8, 4) is 0 Å². The van der Waals surface area contributed by atoms with Gasteiger partial charge in [-0.1, -0.05) is 20.3 Å². The van der Waals surface area contributed by atoms with Crippen molar-refractivity contribution in [2.45, 2.75) is 39.2 Å². The maximum Gasteiger partial charge on any atom is 0.169 e. The van der Waals surface area contributed by atoms with E-state index in [1.165, 1.54) is 19.3 Å². The summed E-state index contributed by atoms with van der Waals surface area (Å²) in [6, 6.07) is 0.652. The Morgan fingerprint density at radius 3 is 2.75 bits per heavy atom. The highest BCUT2D eigenvalue weighted by Crippen LogP contribution is 2.10. The molecule has 16 heavy (non-hydrogen) atoms. The minimum Gasteiger partial charge on any atom is -0.363 e. The topological polar surface area (TPSA) is 18.5 Å². The first-order valence-corrected chi connectivity index (χ1v) is 6.82. The van der Waals surface area contributed by atoms with Gasteiger partial charge < -0.3 is 10.2 Å². The smallest absolute Gasteiger partial charge is 0.169 e. The molecule has 0 aromatic heterocycles. The molecule has 4 heteroatoms. The number of hydrogen-bond donors (Lipinski definition) is 1. The number of piperazine rings is 1. The van der Waals surface area contributed by atoms with Crippen molar-refractivity contribution in [3.05, 3.63) is 0 Å². The number of thiocarbonyl (C=S) groups is 1. The molecule has 1 atom stereocenters. The SMILES string of the molecule is CCCCNC(=S)N1CCN(C)C(CC)C1. The van der Waals surface area contributed by atoms with E-state index < -0.39 is 0 Å². The molecule has 1 rings (SSSR count). The molecule has 1 aliphatic rings. The van der Waals surface area contributed by atoms with E-state index in [9.17, 15) is 0 Å². The Bertz CT molecular complexity index is 220. The average molecular weight is 243 g/mol. The molecule has 0 amide bonds. The Morgan fingerprint density at radius 2 is 2.12 bits per heavy atom. The van der Waals surface area contributed by atoms with Crippen molar-refractivity contribution in [2.24, 2.45) is 0 Å². The number of nitrogens with zero attached hydrogens (tertiary/aromatic N) is 2. The molecular formula is C12H25N3S. The van der Waals surface area contributed by atoms with Crippen LogP contribution in [0.4, 0.5) is 0 Å². The zero-order valence-corrected chi connectivity index (χ0v) is 11.6. The highest BCUT2D eigenvalue weighted by Gasteiger charge is 2.23. The molecular weight excluding hydrogens is 218 g/mol. The van der Waals surface area contributed by atoms with E-state index in [0.29, 0.717) is 6.04 Å². The Labute approximate surface area is 105 Å². The summed E-state index contributed by atoms with van der Waals surface area (Å²) in [7, 11) is 2.21. The maximum atomic E-state index is 5.42. The number of unbranched alkanes of at least 4 members (excludes halogenated alkanes) is 1. The second-order valence-corrected chi connectivity index (χ2v) is 4.96. The van der Waals surface area contributed by atoms with Crippen LogP contribution in [-0.4, -0.2) is 54.2 Å². The number of hydrogen-bond acceptors (Lipinski definition) is 2. The Kier molecular flexibility index (Phi) is 6.06. The van der Waals surface area contributed by atoms with E-state index in [4.69, 9.17) is 12.2 Å². The summed E-state index contributed by atoms with van der Waals surface area (Å²) in [4.78, 5) is 4.75. The van der Waals surface area contributed by atoms with Crippen LogP contribution in [-0.2, 0) is 0 Å². The van der Waals surface area contributed by atoms with Crippen LogP contribution in [0.3, 0.4) is 0 Å². The van der Waals surface area contributed by atoms with Gasteiger partial charge in [0, 0.05) is 32.2 Å². The standard InChI is InChI=1S/C12H25N3S/c1-4-6-7-13-12(16)15-9-8-14(3)11(5-2)10-15/h11H,4-10H2,1-3H3,(H,13,16). The van der Waals surface area contributed by atoms with Crippen molar-refractivity contribution in [3.63, 3.8) is 0 Å². The van der Waals surface area contributed by atoms with E-state index in [1.807, 2.05) is 0 Å². The van der Waals surface area contributed by atoms with Gasteiger partial charge in [-0.05, 0) is 32.1 Å². The largest absolute Gasteiger partial charge is 0.363 e. The fourth-order valence-corrected chi connectivity index (χ4v) is 2.32. The van der Waals surface area contributed by atoms with Crippen molar-refractivity contribution in [1.29, 1.82) is 0 Å². The van der Waals surface area contributed by atoms with Gasteiger partial charge in [-0.2, -0.15) is 0 Å². The lowest BCUT2D eigenvalue weighted by Gasteiger charge is -2.40. The highest BCUT2D eigenvalue weighted by molar-refractivity contribution is 7.80. The number of rotatable bonds is 4. The molecule has 1 aliphatic heterocycles. The van der Waals surface area contributed by atoms with Crippen molar-refractivity contribution in [2.75, 3.05) is 33.2 Å². The van der Waals surface area contributed by atoms with Gasteiger partial charge in [-0.15, -0.1) is 0 Å². The second kappa shape index (κ2) is 7.07. The third-order valence-corrected chi connectivity index (χ3v) is 3.74. The molecule has 94 valence electrons. The van der Waals surface area contributed by atoms with E-state index in [-0.39, 0.29) is 0 Å². The normalized spacial score (nSPS) is 22.2. The fraction of sp³-hybridized carbons (Fsp3) is 0.917. The highest BCUT2D eigenvalue weighted by atomic mass is 32.1. The molecule has 1 fully saturated rings. The molecule has 0 aromatic rings. The summed E-state index contributed by atoms with van der Waals surface area (Å²) in [5.74, 6) is 0. The van der Waals surface area contributed by atoms with Crippen LogP contribution in [0.25, 0.3) is 0 Å². The molecule has 1 unspecified atom stereocenters. The van der Waals surface area contributed by atoms with Gasteiger partial charge in [-0.3, -0.25) is 4.90 Å². The predicted octanol–water partition coefficient (Wildman–Crippen LogP) is 1.69. The molecule has 0 radical (unpaired) electrons. The van der Waals surface area contributed by atoms with E-state index in [2.05, 4.69) is 36.0 Å². The summed E-state index contributed by atoms with van der Waals surface area (Å²) in [6.45, 7) is 8.72. The summed E-state index contributed by atoms with van der Waals surface area (Å²) in [5.41, 5.74) is 0. The van der Waals surface area contributed by atoms with Gasteiger partial charge in [0.1, 0.15) is 0 Å². The van der Waals surface area contributed by atoms with Gasteiger partial charge in [-0.25, -0.2) is 0 Å². The number of nitrogens with one attached hydrogen (secondary N) is 1. The van der Waals surface area contributed by atoms with Gasteiger partial charge in [0.2, 0.25) is 0 Å². The van der Waals surface area contributed by atoms with Crippen molar-refractivity contribution >= 4 is 17.3 Å². The molecule has 3 nitrogen and oxygen atoms in total. The predicted molar refractivity (Wildman–Crippen MR) is 73.8 cm³/mol. The molecule has 1 saturated heterocycles. The Hall–Kier alpha value is -0.350. The molecule has 0 spiro atoms. The van der Waals surface area contributed by atoms with E-state index >= 15 is 0 Å². The summed E-state index contributed by atoms with van der Waals surface area (Å²) in [5, 5.41) is 4.30. The average Bonchev–Trinajstić information content (AvgIpc) is 2.30. The molecule has 0 aromatic carbocycles. The van der Waals surface area contributed by atoms with Crippen LogP contribution in [0.2, 0.25) is 0 Å². The fourth-order valence-electron chi connectivity index (χ4n) is 2.06. The third kappa shape index (κ3) is 3.91. The van der Waals surface area contributed by atoms with E-state index in [0.717, 1.165) is 31.3 Å². The maximum absolute atomic E-state index is 5.42. The molecule has 0 bridgehead atoms. The zero-order valence-electron chi connectivity index (χ0n) is 10.8. The van der Waals surface area contributed by atoms with E-state index in [1.54, 1.807) is 0 Å². The molecule has 0 aliphatic carbocycles. The minimum absolute atomic E-state index is 0.652. The van der Waals surface area contributed by atoms with Gasteiger partial charge in [0.05, 0.1) is 0 Å². The first kappa shape index (κ1) is 13.7. The monoisotopic (exact) mass is 243 g/mol. The lowest BCUT2D eigenvalue weighted by atomic mass is 10.1. The lowest BCUT2D eigenvalue weighted by molar-refractivity contribution is 0.137. The molecule has 0 saturated carbocycles. The van der Waals surface area contributed by atoms with Crippen LogP contribution in [0.5, 0.6) is 0 Å². The Morgan fingerprint density at radius 1 is 1.38 bits per heavy atom. The van der Waals surface area contributed by atoms with Crippen LogP contribution in [0.15, 0.2) is 0 Å². The van der Waals surface area contributed by atoms with Crippen LogP contribution >= 0.6 is 12.2 Å². The molecule has 1 heterocycles. The van der Waals surface area contributed by atoms with Gasteiger partial charge in [0.25, 0.3) is 0 Å². The third-order valence-electron chi connectivity index (χ3n) is 3.34. The first-order chi connectivity index (χ1) is 7.69. The quantitative estimate of drug-likeness (QED) is 0.598. The van der Waals surface area contributed by atoms with Gasteiger partial charge >= 0.3 is 0 Å². The van der Waals surface area contributed by atoms with Crippen LogP contribution in [0, 0.1) is 0 Å². The first-order valence-electron chi connectivity index (χ1n) is 6.42.